The average Bonchev–Trinajstić information content (AvgIpc) is 2.47. The van der Waals surface area contributed by atoms with E-state index in [-0.39, 0.29) is 5.78 Å². The van der Waals surface area contributed by atoms with Crippen molar-refractivity contribution in [1.29, 1.82) is 0 Å². The minimum atomic E-state index is 0.0789. The molecular weight excluding hydrogens is 340 g/mol. The predicted octanol–water partition coefficient (Wildman–Crippen LogP) is 4.93. The summed E-state index contributed by atoms with van der Waals surface area (Å²) in [6.45, 7) is 0. The second-order valence-electron chi connectivity index (χ2n) is 4.40. The van der Waals surface area contributed by atoms with E-state index >= 15 is 0 Å². The van der Waals surface area contributed by atoms with E-state index in [9.17, 15) is 4.79 Å². The van der Waals surface area contributed by atoms with E-state index < -0.39 is 0 Å². The first kappa shape index (κ1) is 15.1. The molecule has 0 aliphatic carbocycles. The van der Waals surface area contributed by atoms with Gasteiger partial charge in [-0.3, -0.25) is 4.79 Å². The topological polar surface area (TPSA) is 26.3 Å². The molecule has 0 spiro atoms. The van der Waals surface area contributed by atoms with Crippen LogP contribution < -0.4 is 4.74 Å². The maximum Gasteiger partial charge on any atom is 0.164 e. The van der Waals surface area contributed by atoms with E-state index in [1.165, 1.54) is 0 Å². The molecule has 0 aliphatic heterocycles. The van der Waals surface area contributed by atoms with Crippen LogP contribution in [-0.4, -0.2) is 12.9 Å². The molecule has 2 rings (SSSR count). The van der Waals surface area contributed by atoms with Crippen molar-refractivity contribution in [3.8, 4) is 5.75 Å². The Morgan fingerprint density at radius 1 is 1.20 bits per heavy atom. The van der Waals surface area contributed by atoms with Gasteiger partial charge in [-0.1, -0.05) is 39.7 Å². The number of ketones is 1. The second kappa shape index (κ2) is 6.91. The number of hydrogen-bond donors (Lipinski definition) is 0. The van der Waals surface area contributed by atoms with E-state index in [1.807, 2.05) is 24.3 Å². The summed E-state index contributed by atoms with van der Waals surface area (Å²) in [6, 6.07) is 13.0. The SMILES string of the molecule is COc1ccc(CCC(=O)c2cc(Cl)ccc2Br)cc1. The summed E-state index contributed by atoms with van der Waals surface area (Å²) >= 11 is 9.30. The Balaban J connectivity index is 2.02. The number of rotatable bonds is 5. The highest BCUT2D eigenvalue weighted by Crippen LogP contribution is 2.23. The lowest BCUT2D eigenvalue weighted by molar-refractivity contribution is 0.0982. The first-order valence-electron chi connectivity index (χ1n) is 6.21. The summed E-state index contributed by atoms with van der Waals surface area (Å²) in [5.41, 5.74) is 1.74. The summed E-state index contributed by atoms with van der Waals surface area (Å²) in [5, 5.41) is 0.570. The van der Waals surface area contributed by atoms with Crippen LogP contribution in [0.5, 0.6) is 5.75 Å². The fourth-order valence-corrected chi connectivity index (χ4v) is 2.54. The Labute approximate surface area is 131 Å². The maximum atomic E-state index is 12.2. The predicted molar refractivity (Wildman–Crippen MR) is 84.8 cm³/mol. The van der Waals surface area contributed by atoms with Gasteiger partial charge in [0.05, 0.1) is 7.11 Å². The van der Waals surface area contributed by atoms with Gasteiger partial charge in [0.15, 0.2) is 5.78 Å². The van der Waals surface area contributed by atoms with E-state index in [2.05, 4.69) is 15.9 Å². The lowest BCUT2D eigenvalue weighted by atomic mass is 10.0. The van der Waals surface area contributed by atoms with Crippen molar-refractivity contribution in [2.24, 2.45) is 0 Å². The number of aryl methyl sites for hydroxylation is 1. The van der Waals surface area contributed by atoms with Crippen LogP contribution in [0.3, 0.4) is 0 Å². The van der Waals surface area contributed by atoms with Gasteiger partial charge < -0.3 is 4.74 Å². The molecule has 0 N–H and O–H groups in total. The third-order valence-electron chi connectivity index (χ3n) is 3.03. The standard InChI is InChI=1S/C16H14BrClO2/c1-20-13-6-2-11(3-7-13)4-9-16(19)14-10-12(18)5-8-15(14)17/h2-3,5-8,10H,4,9H2,1H3. The zero-order valence-corrected chi connectivity index (χ0v) is 13.4. The molecule has 4 heteroatoms. The molecular formula is C16H14BrClO2. The Hall–Kier alpha value is -1.32. The van der Waals surface area contributed by atoms with Crippen molar-refractivity contribution < 1.29 is 9.53 Å². The van der Waals surface area contributed by atoms with Crippen molar-refractivity contribution >= 4 is 33.3 Å². The van der Waals surface area contributed by atoms with Crippen LogP contribution in [0.15, 0.2) is 46.9 Å². The third kappa shape index (κ3) is 3.84. The molecule has 2 aromatic rings. The molecule has 104 valence electrons. The number of carbonyl (C=O) groups excluding carboxylic acids is 1. The number of Topliss-reactive ketones (excluding diaryl/α,β-unsaturated/α-hetero) is 1. The molecule has 0 aliphatic rings. The van der Waals surface area contributed by atoms with Crippen molar-refractivity contribution in [2.45, 2.75) is 12.8 Å². The molecule has 0 fully saturated rings. The van der Waals surface area contributed by atoms with Crippen molar-refractivity contribution in [1.82, 2.24) is 0 Å². The van der Waals surface area contributed by atoms with Gasteiger partial charge in [-0.15, -0.1) is 0 Å². The van der Waals surface area contributed by atoms with Gasteiger partial charge in [0.25, 0.3) is 0 Å². The highest BCUT2D eigenvalue weighted by atomic mass is 79.9. The summed E-state index contributed by atoms with van der Waals surface area (Å²) in [6.07, 6.45) is 1.15. The van der Waals surface area contributed by atoms with E-state index in [0.717, 1.165) is 15.8 Å². The van der Waals surface area contributed by atoms with Gasteiger partial charge in [-0.2, -0.15) is 0 Å². The molecule has 0 unspecified atom stereocenters. The van der Waals surface area contributed by atoms with Gasteiger partial charge in [-0.05, 0) is 42.3 Å². The number of carbonyl (C=O) groups is 1. The van der Waals surface area contributed by atoms with Crippen molar-refractivity contribution in [3.63, 3.8) is 0 Å². The van der Waals surface area contributed by atoms with Crippen LogP contribution in [0.2, 0.25) is 5.02 Å². The van der Waals surface area contributed by atoms with Crippen LogP contribution in [0.25, 0.3) is 0 Å². The fraction of sp³-hybridized carbons (Fsp3) is 0.188. The largest absolute Gasteiger partial charge is 0.497 e. The van der Waals surface area contributed by atoms with E-state index in [4.69, 9.17) is 16.3 Å². The molecule has 0 aromatic heterocycles. The molecule has 20 heavy (non-hydrogen) atoms. The quantitative estimate of drug-likeness (QED) is 0.713. The Morgan fingerprint density at radius 3 is 2.55 bits per heavy atom. The normalized spacial score (nSPS) is 10.3. The molecule has 0 amide bonds. The Kier molecular flexibility index (Phi) is 5.21. The number of hydrogen-bond acceptors (Lipinski definition) is 2. The summed E-state index contributed by atoms with van der Waals surface area (Å²) in [7, 11) is 1.63. The van der Waals surface area contributed by atoms with Crippen LogP contribution in [0, 0.1) is 0 Å². The highest BCUT2D eigenvalue weighted by molar-refractivity contribution is 9.10. The van der Waals surface area contributed by atoms with Crippen LogP contribution in [0.1, 0.15) is 22.3 Å². The molecule has 0 saturated carbocycles. The molecule has 0 saturated heterocycles. The maximum absolute atomic E-state index is 12.2. The zero-order valence-electron chi connectivity index (χ0n) is 11.0. The fourth-order valence-electron chi connectivity index (χ4n) is 1.90. The second-order valence-corrected chi connectivity index (χ2v) is 5.69. The van der Waals surface area contributed by atoms with Crippen molar-refractivity contribution in [2.75, 3.05) is 7.11 Å². The van der Waals surface area contributed by atoms with E-state index in [0.29, 0.717) is 23.4 Å². The molecule has 2 nitrogen and oxygen atoms in total. The average molecular weight is 354 g/mol. The van der Waals surface area contributed by atoms with Crippen LogP contribution in [0.4, 0.5) is 0 Å². The Morgan fingerprint density at radius 2 is 1.90 bits per heavy atom. The van der Waals surface area contributed by atoms with Gasteiger partial charge >= 0.3 is 0 Å². The van der Waals surface area contributed by atoms with Gasteiger partial charge in [0.2, 0.25) is 0 Å². The zero-order chi connectivity index (χ0) is 14.5. The number of benzene rings is 2. The number of halogens is 2. The number of methoxy groups -OCH3 is 1. The first-order chi connectivity index (χ1) is 9.60. The third-order valence-corrected chi connectivity index (χ3v) is 3.96. The molecule has 0 radical (unpaired) electrons. The van der Waals surface area contributed by atoms with E-state index in [1.54, 1.807) is 25.3 Å². The van der Waals surface area contributed by atoms with Crippen LogP contribution in [-0.2, 0) is 6.42 Å². The Bertz CT molecular complexity index is 608. The van der Waals surface area contributed by atoms with Crippen molar-refractivity contribution in [3.05, 3.63) is 63.1 Å². The molecule has 0 bridgehead atoms. The smallest absolute Gasteiger partial charge is 0.164 e. The monoisotopic (exact) mass is 352 g/mol. The molecule has 0 atom stereocenters. The first-order valence-corrected chi connectivity index (χ1v) is 7.38. The summed E-state index contributed by atoms with van der Waals surface area (Å²) in [5.74, 6) is 0.896. The molecule has 2 aromatic carbocycles. The van der Waals surface area contributed by atoms with Crippen LogP contribution >= 0.6 is 27.5 Å². The minimum Gasteiger partial charge on any atom is -0.497 e. The lowest BCUT2D eigenvalue weighted by Crippen LogP contribution is -2.02. The van der Waals surface area contributed by atoms with Gasteiger partial charge in [0, 0.05) is 21.5 Å². The minimum absolute atomic E-state index is 0.0789. The van der Waals surface area contributed by atoms with Gasteiger partial charge in [0.1, 0.15) is 5.75 Å². The summed E-state index contributed by atoms with van der Waals surface area (Å²) < 4.78 is 5.88. The summed E-state index contributed by atoms with van der Waals surface area (Å²) in [4.78, 5) is 12.2. The molecule has 0 heterocycles. The highest BCUT2D eigenvalue weighted by Gasteiger charge is 2.10. The lowest BCUT2D eigenvalue weighted by Gasteiger charge is -2.06. The van der Waals surface area contributed by atoms with Gasteiger partial charge in [-0.25, -0.2) is 0 Å². The number of ether oxygens (including phenoxy) is 1.